The molecule has 1 unspecified atom stereocenters. The Kier molecular flexibility index (Phi) is 4.47. The van der Waals surface area contributed by atoms with E-state index in [1.165, 1.54) is 12.1 Å². The van der Waals surface area contributed by atoms with Gasteiger partial charge >= 0.3 is 0 Å². The molecule has 0 spiro atoms. The van der Waals surface area contributed by atoms with Gasteiger partial charge in [-0.25, -0.2) is 4.39 Å². The zero-order valence-electron chi connectivity index (χ0n) is 13.6. The minimum Gasteiger partial charge on any atom is -0.377 e. The Morgan fingerprint density at radius 2 is 1.83 bits per heavy atom. The van der Waals surface area contributed by atoms with Crippen molar-refractivity contribution >= 4 is 11.5 Å². The topological polar surface area (TPSA) is 44.9 Å². The van der Waals surface area contributed by atoms with Crippen LogP contribution in [0, 0.1) is 12.7 Å². The third-order valence-corrected chi connectivity index (χ3v) is 3.97. The number of ketones is 1. The summed E-state index contributed by atoms with van der Waals surface area (Å²) in [5.74, 6) is -0.313. The van der Waals surface area contributed by atoms with Gasteiger partial charge in [0.1, 0.15) is 5.82 Å². The van der Waals surface area contributed by atoms with Crippen LogP contribution in [0.4, 0.5) is 10.1 Å². The first kappa shape index (κ1) is 16.0. The third-order valence-electron chi connectivity index (χ3n) is 3.97. The Balaban J connectivity index is 1.82. The van der Waals surface area contributed by atoms with E-state index in [4.69, 9.17) is 0 Å². The summed E-state index contributed by atoms with van der Waals surface area (Å²) >= 11 is 0. The van der Waals surface area contributed by atoms with E-state index in [1.54, 1.807) is 18.2 Å². The van der Waals surface area contributed by atoms with Crippen LogP contribution in [-0.2, 0) is 0 Å². The number of nitrogens with one attached hydrogen (secondary N) is 2. The zero-order valence-corrected chi connectivity index (χ0v) is 13.6. The molecule has 3 aromatic rings. The molecule has 0 saturated carbocycles. The quantitative estimate of drug-likeness (QED) is 0.658. The fourth-order valence-electron chi connectivity index (χ4n) is 2.69. The first-order valence-corrected chi connectivity index (χ1v) is 7.86. The molecule has 2 aromatic carbocycles. The second-order valence-electron chi connectivity index (χ2n) is 5.85. The van der Waals surface area contributed by atoms with Gasteiger partial charge in [0, 0.05) is 16.9 Å². The third kappa shape index (κ3) is 3.38. The molecule has 0 aliphatic heterocycles. The Morgan fingerprint density at radius 1 is 1.08 bits per heavy atom. The first-order chi connectivity index (χ1) is 11.5. The van der Waals surface area contributed by atoms with E-state index in [-0.39, 0.29) is 17.6 Å². The van der Waals surface area contributed by atoms with Crippen LogP contribution in [-0.4, -0.2) is 10.8 Å². The lowest BCUT2D eigenvalue weighted by Gasteiger charge is -2.14. The summed E-state index contributed by atoms with van der Waals surface area (Å²) in [5, 5.41) is 3.24. The van der Waals surface area contributed by atoms with E-state index in [0.717, 1.165) is 11.3 Å². The molecule has 122 valence electrons. The zero-order chi connectivity index (χ0) is 17.1. The minimum atomic E-state index is -0.283. The van der Waals surface area contributed by atoms with Crippen LogP contribution in [0.1, 0.15) is 40.3 Å². The van der Waals surface area contributed by atoms with Crippen molar-refractivity contribution < 1.29 is 9.18 Å². The van der Waals surface area contributed by atoms with Crippen LogP contribution in [0.5, 0.6) is 0 Å². The average molecular weight is 322 g/mol. The van der Waals surface area contributed by atoms with Crippen molar-refractivity contribution in [2.45, 2.75) is 19.9 Å². The van der Waals surface area contributed by atoms with E-state index in [1.807, 2.05) is 44.2 Å². The molecule has 0 saturated heterocycles. The van der Waals surface area contributed by atoms with Crippen molar-refractivity contribution in [3.05, 3.63) is 89.0 Å². The van der Waals surface area contributed by atoms with E-state index in [9.17, 15) is 9.18 Å². The highest BCUT2D eigenvalue weighted by molar-refractivity contribution is 6.08. The standard InChI is InChI=1S/C20H19FN2O/c1-13-11-18(14(2)22-17-10-6-9-16(21)12-17)23-19(13)20(24)15-7-4-3-5-8-15/h3-12,14,22-23H,1-2H3. The molecule has 0 fully saturated rings. The van der Waals surface area contributed by atoms with Gasteiger partial charge in [-0.05, 0) is 43.7 Å². The monoisotopic (exact) mass is 322 g/mol. The number of halogens is 1. The molecule has 0 bridgehead atoms. The molecule has 1 aromatic heterocycles. The Hall–Kier alpha value is -2.88. The predicted octanol–water partition coefficient (Wildman–Crippen LogP) is 4.87. The number of aromatic amines is 1. The van der Waals surface area contributed by atoms with Crippen LogP contribution < -0.4 is 5.32 Å². The minimum absolute atomic E-state index is 0.0303. The number of hydrogen-bond donors (Lipinski definition) is 2. The summed E-state index contributed by atoms with van der Waals surface area (Å²) in [6.45, 7) is 3.87. The predicted molar refractivity (Wildman–Crippen MR) is 93.8 cm³/mol. The molecule has 2 N–H and O–H groups in total. The Bertz CT molecular complexity index is 855. The maximum Gasteiger partial charge on any atom is 0.209 e. The molecule has 0 radical (unpaired) electrons. The lowest BCUT2D eigenvalue weighted by Crippen LogP contribution is -2.08. The van der Waals surface area contributed by atoms with Gasteiger partial charge in [-0.2, -0.15) is 0 Å². The van der Waals surface area contributed by atoms with Crippen molar-refractivity contribution in [1.29, 1.82) is 0 Å². The summed E-state index contributed by atoms with van der Waals surface area (Å²) in [7, 11) is 0. The number of H-pyrrole nitrogens is 1. The van der Waals surface area contributed by atoms with Gasteiger partial charge in [-0.3, -0.25) is 4.79 Å². The highest BCUT2D eigenvalue weighted by Gasteiger charge is 2.17. The van der Waals surface area contributed by atoms with Gasteiger partial charge in [-0.15, -0.1) is 0 Å². The summed E-state index contributed by atoms with van der Waals surface area (Å²) in [6, 6.07) is 17.4. The summed E-state index contributed by atoms with van der Waals surface area (Å²) in [6.07, 6.45) is 0. The summed E-state index contributed by atoms with van der Waals surface area (Å²) in [4.78, 5) is 15.8. The number of aromatic nitrogens is 1. The number of benzene rings is 2. The van der Waals surface area contributed by atoms with Gasteiger partial charge in [0.05, 0.1) is 11.7 Å². The maximum atomic E-state index is 13.3. The molecule has 1 atom stereocenters. The average Bonchev–Trinajstić information content (AvgIpc) is 2.97. The van der Waals surface area contributed by atoms with Gasteiger partial charge in [0.2, 0.25) is 5.78 Å². The van der Waals surface area contributed by atoms with Gasteiger partial charge in [0.25, 0.3) is 0 Å². The van der Waals surface area contributed by atoms with Crippen molar-refractivity contribution in [1.82, 2.24) is 4.98 Å². The molecule has 3 nitrogen and oxygen atoms in total. The molecule has 0 aliphatic carbocycles. The molecular weight excluding hydrogens is 303 g/mol. The van der Waals surface area contributed by atoms with Crippen LogP contribution in [0.2, 0.25) is 0 Å². The van der Waals surface area contributed by atoms with Crippen molar-refractivity contribution in [3.8, 4) is 0 Å². The van der Waals surface area contributed by atoms with Gasteiger partial charge < -0.3 is 10.3 Å². The SMILES string of the molecule is Cc1cc(C(C)Nc2cccc(F)c2)[nH]c1C(=O)c1ccccc1. The molecule has 4 heteroatoms. The molecule has 24 heavy (non-hydrogen) atoms. The highest BCUT2D eigenvalue weighted by Crippen LogP contribution is 2.23. The van der Waals surface area contributed by atoms with E-state index in [2.05, 4.69) is 10.3 Å². The highest BCUT2D eigenvalue weighted by atomic mass is 19.1. The summed E-state index contributed by atoms with van der Waals surface area (Å²) in [5.41, 5.74) is 3.72. The Morgan fingerprint density at radius 3 is 2.54 bits per heavy atom. The number of hydrogen-bond acceptors (Lipinski definition) is 2. The fourth-order valence-corrected chi connectivity index (χ4v) is 2.69. The van der Waals surface area contributed by atoms with Gasteiger partial charge in [0.15, 0.2) is 0 Å². The van der Waals surface area contributed by atoms with Crippen molar-refractivity contribution in [2.24, 2.45) is 0 Å². The number of carbonyl (C=O) groups excluding carboxylic acids is 1. The number of anilines is 1. The maximum absolute atomic E-state index is 13.3. The lowest BCUT2D eigenvalue weighted by atomic mass is 10.1. The Labute approximate surface area is 140 Å². The first-order valence-electron chi connectivity index (χ1n) is 7.86. The molecule has 0 aliphatic rings. The van der Waals surface area contributed by atoms with E-state index >= 15 is 0 Å². The number of carbonyl (C=O) groups is 1. The van der Waals surface area contributed by atoms with Crippen LogP contribution in [0.15, 0.2) is 60.7 Å². The van der Waals surface area contributed by atoms with Gasteiger partial charge in [-0.1, -0.05) is 36.4 Å². The second kappa shape index (κ2) is 6.71. The number of rotatable bonds is 5. The molecule has 1 heterocycles. The molecular formula is C20H19FN2O. The fraction of sp³-hybridized carbons (Fsp3) is 0.150. The van der Waals surface area contributed by atoms with Crippen molar-refractivity contribution in [3.63, 3.8) is 0 Å². The largest absolute Gasteiger partial charge is 0.377 e. The normalized spacial score (nSPS) is 12.0. The smallest absolute Gasteiger partial charge is 0.209 e. The second-order valence-corrected chi connectivity index (χ2v) is 5.85. The van der Waals surface area contributed by atoms with Crippen molar-refractivity contribution in [2.75, 3.05) is 5.32 Å². The molecule has 0 amide bonds. The van der Waals surface area contributed by atoms with Crippen LogP contribution in [0.25, 0.3) is 0 Å². The molecule has 3 rings (SSSR count). The number of aryl methyl sites for hydroxylation is 1. The summed E-state index contributed by atoms with van der Waals surface area (Å²) < 4.78 is 13.3. The lowest BCUT2D eigenvalue weighted by molar-refractivity contribution is 0.103. The van der Waals surface area contributed by atoms with Crippen LogP contribution in [0.3, 0.4) is 0 Å². The van der Waals surface area contributed by atoms with E-state index < -0.39 is 0 Å². The van der Waals surface area contributed by atoms with Crippen LogP contribution >= 0.6 is 0 Å². The van der Waals surface area contributed by atoms with E-state index in [0.29, 0.717) is 16.9 Å².